The zero-order valence-corrected chi connectivity index (χ0v) is 28.0. The van der Waals surface area contributed by atoms with Gasteiger partial charge in [0.1, 0.15) is 0 Å². The largest absolute Gasteiger partial charge is 0.488 e. The van der Waals surface area contributed by atoms with Crippen molar-refractivity contribution in [1.82, 2.24) is 15.1 Å². The van der Waals surface area contributed by atoms with E-state index in [2.05, 4.69) is 10.3 Å². The van der Waals surface area contributed by atoms with Gasteiger partial charge in [0.15, 0.2) is 17.4 Å². The van der Waals surface area contributed by atoms with E-state index < -0.39 is 47.2 Å². The van der Waals surface area contributed by atoms with Crippen molar-refractivity contribution in [2.24, 2.45) is 10.9 Å². The number of hydrogen-bond donors (Lipinski definition) is 2. The van der Waals surface area contributed by atoms with Gasteiger partial charge in [0.25, 0.3) is 0 Å². The lowest BCUT2D eigenvalue weighted by Gasteiger charge is -2.50. The summed E-state index contributed by atoms with van der Waals surface area (Å²) in [5.41, 5.74) is 2.70. The number of halogens is 4. The fourth-order valence-electron chi connectivity index (χ4n) is 6.95. The van der Waals surface area contributed by atoms with E-state index in [1.54, 1.807) is 17.2 Å². The van der Waals surface area contributed by atoms with Gasteiger partial charge in [0, 0.05) is 30.4 Å². The molecule has 1 saturated carbocycles. The molecule has 4 atom stereocenters. The van der Waals surface area contributed by atoms with Crippen LogP contribution in [-0.4, -0.2) is 76.9 Å². The Morgan fingerprint density at radius 1 is 1.02 bits per heavy atom. The Balaban J connectivity index is 1.22. The first-order chi connectivity index (χ1) is 24.1. The first-order valence-corrected chi connectivity index (χ1v) is 17.2. The lowest BCUT2D eigenvalue weighted by molar-refractivity contribution is -0.140. The monoisotopic (exact) mass is 710 g/mol. The number of nitrogens with one attached hydrogen (secondary N) is 1. The SMILES string of the molecule is O=C(O)CCNC(=O)N1C2C=NC[C@H]1CC(c1ccc(CCCOc3c(F)ccc(F)c3F)cc1)C2C(=O)N(Cc1ccccc1Cl)C1CC1. The Morgan fingerprint density at radius 3 is 2.48 bits per heavy atom. The number of aryl methyl sites for hydroxylation is 1. The number of aliphatic carboxylic acids is 1. The molecule has 264 valence electrons. The van der Waals surface area contributed by atoms with E-state index in [4.69, 9.17) is 21.4 Å². The minimum atomic E-state index is -1.36. The number of carbonyl (C=O) groups is 3. The molecule has 9 nitrogen and oxygen atoms in total. The van der Waals surface area contributed by atoms with Crippen molar-refractivity contribution in [3.05, 3.63) is 99.8 Å². The zero-order chi connectivity index (χ0) is 35.4. The van der Waals surface area contributed by atoms with E-state index >= 15 is 0 Å². The van der Waals surface area contributed by atoms with E-state index in [0.717, 1.165) is 35.6 Å². The fourth-order valence-corrected chi connectivity index (χ4v) is 7.15. The molecule has 2 fully saturated rings. The van der Waals surface area contributed by atoms with Gasteiger partial charge in [-0.25, -0.2) is 13.6 Å². The molecule has 2 bridgehead atoms. The Hall–Kier alpha value is -4.58. The normalized spacial score (nSPS) is 21.1. The maximum absolute atomic E-state index is 14.8. The van der Waals surface area contributed by atoms with Gasteiger partial charge >= 0.3 is 12.0 Å². The molecule has 13 heteroatoms. The maximum Gasteiger partial charge on any atom is 0.318 e. The van der Waals surface area contributed by atoms with E-state index in [1.165, 1.54) is 0 Å². The van der Waals surface area contributed by atoms with Crippen LogP contribution < -0.4 is 10.1 Å². The number of rotatable bonds is 13. The minimum absolute atomic E-state index is 0.0201. The van der Waals surface area contributed by atoms with Crippen LogP contribution in [0.1, 0.15) is 54.7 Å². The van der Waals surface area contributed by atoms with Crippen LogP contribution in [0.3, 0.4) is 0 Å². The average Bonchev–Trinajstić information content (AvgIpc) is 3.94. The van der Waals surface area contributed by atoms with Crippen LogP contribution >= 0.6 is 11.6 Å². The molecular weight excluding hydrogens is 673 g/mol. The Bertz CT molecular complexity index is 1760. The van der Waals surface area contributed by atoms with Gasteiger partial charge in [0.2, 0.25) is 11.7 Å². The Kier molecular flexibility index (Phi) is 11.0. The van der Waals surface area contributed by atoms with Crippen molar-refractivity contribution >= 4 is 35.7 Å². The number of nitrogens with zero attached hydrogens (tertiary/aromatic N) is 3. The molecule has 0 radical (unpaired) electrons. The molecule has 0 aromatic heterocycles. The number of urea groups is 1. The highest BCUT2D eigenvalue weighted by molar-refractivity contribution is 6.31. The van der Waals surface area contributed by atoms with Crippen molar-refractivity contribution in [1.29, 1.82) is 0 Å². The summed E-state index contributed by atoms with van der Waals surface area (Å²) < 4.78 is 46.6. The second kappa shape index (κ2) is 15.5. The first-order valence-electron chi connectivity index (χ1n) is 16.8. The Morgan fingerprint density at radius 2 is 1.76 bits per heavy atom. The molecule has 2 N–H and O–H groups in total. The fraction of sp³-hybridized carbons (Fsp3) is 0.405. The number of amides is 3. The molecule has 3 aromatic rings. The van der Waals surface area contributed by atoms with Crippen molar-refractivity contribution in [2.45, 2.75) is 69.1 Å². The summed E-state index contributed by atoms with van der Waals surface area (Å²) in [6, 6.07) is 15.4. The molecule has 6 rings (SSSR count). The number of aliphatic imine (C=N–C) groups is 1. The van der Waals surface area contributed by atoms with Gasteiger partial charge in [-0.3, -0.25) is 14.6 Å². The number of ether oxygens (including phenoxy) is 1. The molecule has 3 unspecified atom stereocenters. The van der Waals surface area contributed by atoms with Crippen LogP contribution in [-0.2, 0) is 22.6 Å². The molecule has 3 aliphatic rings. The molecular formula is C37H38ClF3N4O5. The van der Waals surface area contributed by atoms with Gasteiger partial charge < -0.3 is 25.0 Å². The number of carbonyl (C=O) groups excluding carboxylic acids is 2. The molecule has 1 saturated heterocycles. The summed E-state index contributed by atoms with van der Waals surface area (Å²) in [6.07, 6.45) is 4.61. The van der Waals surface area contributed by atoms with Gasteiger partial charge in [-0.15, -0.1) is 0 Å². The summed E-state index contributed by atoms with van der Waals surface area (Å²) in [4.78, 5) is 47.5. The molecule has 50 heavy (non-hydrogen) atoms. The van der Waals surface area contributed by atoms with Crippen molar-refractivity contribution in [3.8, 4) is 5.75 Å². The van der Waals surface area contributed by atoms with Gasteiger partial charge in [-0.1, -0.05) is 54.1 Å². The molecule has 2 heterocycles. The number of piperidine rings is 1. The lowest BCUT2D eigenvalue weighted by Crippen LogP contribution is -2.64. The molecule has 3 amide bonds. The molecule has 3 aromatic carbocycles. The third kappa shape index (κ3) is 7.90. The van der Waals surface area contributed by atoms with Crippen LogP contribution in [0.15, 0.2) is 65.7 Å². The summed E-state index contributed by atoms with van der Waals surface area (Å²) in [5, 5.41) is 12.4. The van der Waals surface area contributed by atoms with Crippen molar-refractivity contribution in [3.63, 3.8) is 0 Å². The lowest BCUT2D eigenvalue weighted by atomic mass is 9.71. The van der Waals surface area contributed by atoms with Crippen molar-refractivity contribution < 1.29 is 37.4 Å². The topological polar surface area (TPSA) is 112 Å². The van der Waals surface area contributed by atoms with E-state index in [0.29, 0.717) is 43.4 Å². The predicted octanol–water partition coefficient (Wildman–Crippen LogP) is 6.37. The van der Waals surface area contributed by atoms with Crippen LogP contribution in [0.25, 0.3) is 0 Å². The summed E-state index contributed by atoms with van der Waals surface area (Å²) in [5.74, 6) is -6.29. The quantitative estimate of drug-likeness (QED) is 0.158. The van der Waals surface area contributed by atoms with E-state index in [9.17, 15) is 27.6 Å². The highest BCUT2D eigenvalue weighted by Gasteiger charge is 2.52. The van der Waals surface area contributed by atoms with Crippen LogP contribution in [0.2, 0.25) is 5.02 Å². The van der Waals surface area contributed by atoms with E-state index in [-0.39, 0.29) is 43.5 Å². The first kappa shape index (κ1) is 35.3. The van der Waals surface area contributed by atoms with Gasteiger partial charge in [-0.05, 0) is 72.9 Å². The summed E-state index contributed by atoms with van der Waals surface area (Å²) >= 11 is 6.52. The average molecular weight is 711 g/mol. The molecule has 0 spiro atoms. The third-order valence-electron chi connectivity index (χ3n) is 9.59. The van der Waals surface area contributed by atoms with Crippen LogP contribution in [0, 0.1) is 23.4 Å². The number of carboxylic acids is 1. The predicted molar refractivity (Wildman–Crippen MR) is 181 cm³/mol. The highest BCUT2D eigenvalue weighted by Crippen LogP contribution is 2.44. The maximum atomic E-state index is 14.8. The van der Waals surface area contributed by atoms with Gasteiger partial charge in [-0.2, -0.15) is 4.39 Å². The summed E-state index contributed by atoms with van der Waals surface area (Å²) in [6.45, 7) is 0.627. The van der Waals surface area contributed by atoms with E-state index in [1.807, 2.05) is 47.4 Å². The Labute approximate surface area is 293 Å². The minimum Gasteiger partial charge on any atom is -0.488 e. The van der Waals surface area contributed by atoms with Crippen LogP contribution in [0.4, 0.5) is 18.0 Å². The second-order valence-corrected chi connectivity index (χ2v) is 13.4. The highest BCUT2D eigenvalue weighted by atomic mass is 35.5. The number of carboxylic acid groups (broad SMARTS) is 1. The summed E-state index contributed by atoms with van der Waals surface area (Å²) in [7, 11) is 0. The van der Waals surface area contributed by atoms with Crippen LogP contribution in [0.5, 0.6) is 5.75 Å². The molecule has 1 aliphatic carbocycles. The van der Waals surface area contributed by atoms with Crippen molar-refractivity contribution in [2.75, 3.05) is 19.7 Å². The second-order valence-electron chi connectivity index (χ2n) is 13.0. The standard InChI is InChI=1S/C37H38ClF3N4O5/c38-28-6-2-1-5-24(28)21-44(25-11-12-25)36(48)33-27(18-26-19-42-20-31(33)45(26)37(49)43-16-15-32(46)47)23-9-7-22(8-10-23)4-3-17-50-35-30(40)14-13-29(39)34(35)41/h1-2,5-10,13-14,20,25-27,31,33H,3-4,11-12,15-19,21H2,(H,43,49)(H,46,47)/t26-,27?,31?,33?/m1/s1. The zero-order valence-electron chi connectivity index (χ0n) is 27.2. The number of fused-ring (bicyclic) bond motifs is 2. The smallest absolute Gasteiger partial charge is 0.318 e. The third-order valence-corrected chi connectivity index (χ3v) is 9.96. The number of benzene rings is 3. The van der Waals surface area contributed by atoms with Gasteiger partial charge in [0.05, 0.1) is 37.6 Å². The number of hydrogen-bond acceptors (Lipinski definition) is 5. The molecule has 2 aliphatic heterocycles.